The van der Waals surface area contributed by atoms with E-state index in [4.69, 9.17) is 0 Å². The highest BCUT2D eigenvalue weighted by molar-refractivity contribution is 7.20. The predicted molar refractivity (Wildman–Crippen MR) is 54.3 cm³/mol. The van der Waals surface area contributed by atoms with Crippen LogP contribution in [0.25, 0.3) is 22.2 Å². The van der Waals surface area contributed by atoms with Gasteiger partial charge >= 0.3 is 0 Å². The Morgan fingerprint density at radius 1 is 1.08 bits per heavy atom. The molecule has 0 atom stereocenters. The van der Waals surface area contributed by atoms with Gasteiger partial charge in [0.15, 0.2) is 0 Å². The standard InChI is InChI=1S/C11H6S/c1-2-6-10-8(4-1)9-5-3-7-11(9)12-10/h1-2,4-7H. The Kier molecular flexibility index (Phi) is 1.09. The summed E-state index contributed by atoms with van der Waals surface area (Å²) in [5.74, 6) is 0. The number of hydrogen-bond acceptors (Lipinski definition) is 1. The monoisotopic (exact) mass is 170 g/mol. The summed E-state index contributed by atoms with van der Waals surface area (Å²) in [6.45, 7) is 0. The predicted octanol–water partition coefficient (Wildman–Crippen LogP) is 3.54. The van der Waals surface area contributed by atoms with Crippen LogP contribution in [0.4, 0.5) is 0 Å². The van der Waals surface area contributed by atoms with Gasteiger partial charge in [-0.2, -0.15) is 0 Å². The van der Waals surface area contributed by atoms with E-state index in [0.29, 0.717) is 0 Å². The van der Waals surface area contributed by atoms with Gasteiger partial charge in [-0.05, 0) is 18.2 Å². The lowest BCUT2D eigenvalue weighted by atomic mass is 10.1. The summed E-state index contributed by atoms with van der Waals surface area (Å²) in [4.78, 5) is 1.34. The zero-order valence-corrected chi connectivity index (χ0v) is 7.19. The fourth-order valence-corrected chi connectivity index (χ4v) is 2.62. The van der Waals surface area contributed by atoms with Gasteiger partial charge in [0.25, 0.3) is 0 Å². The minimum absolute atomic E-state index is 1.34. The summed E-state index contributed by atoms with van der Waals surface area (Å²) in [6.07, 6.45) is 4.12. The minimum Gasteiger partial charge on any atom is -0.135 e. The molecule has 0 aliphatic heterocycles. The van der Waals surface area contributed by atoms with Gasteiger partial charge in [-0.1, -0.05) is 18.2 Å². The highest BCUT2D eigenvalue weighted by Crippen LogP contribution is 2.34. The van der Waals surface area contributed by atoms with Crippen molar-refractivity contribution in [3.63, 3.8) is 0 Å². The van der Waals surface area contributed by atoms with Crippen LogP contribution in [0.3, 0.4) is 0 Å². The van der Waals surface area contributed by atoms with Crippen molar-refractivity contribution in [3.8, 4) is 0 Å². The molecule has 2 aromatic rings. The third-order valence-electron chi connectivity index (χ3n) is 2.10. The fourth-order valence-electron chi connectivity index (χ4n) is 1.54. The van der Waals surface area contributed by atoms with E-state index in [-0.39, 0.29) is 0 Å². The number of hydrogen-bond donors (Lipinski definition) is 0. The first kappa shape index (κ1) is 6.24. The Morgan fingerprint density at radius 3 is 3.00 bits per heavy atom. The molecule has 0 radical (unpaired) electrons. The van der Waals surface area contributed by atoms with E-state index in [1.807, 2.05) is 11.3 Å². The molecule has 1 aromatic carbocycles. The van der Waals surface area contributed by atoms with Crippen LogP contribution in [0, 0.1) is 0 Å². The van der Waals surface area contributed by atoms with Crippen LogP contribution in [-0.2, 0) is 0 Å². The number of benzene rings is 1. The van der Waals surface area contributed by atoms with Crippen molar-refractivity contribution in [1.29, 1.82) is 0 Å². The van der Waals surface area contributed by atoms with Crippen LogP contribution in [0.5, 0.6) is 0 Å². The van der Waals surface area contributed by atoms with Gasteiger partial charge in [0, 0.05) is 20.5 Å². The Balaban J connectivity index is 2.54. The summed E-state index contributed by atoms with van der Waals surface area (Å²) < 4.78 is 1.37. The number of rotatable bonds is 0. The van der Waals surface area contributed by atoms with Crippen molar-refractivity contribution in [3.05, 3.63) is 40.4 Å². The molecule has 1 aliphatic carbocycles. The molecule has 0 spiro atoms. The normalized spacial score (nSPS) is 12.7. The lowest BCUT2D eigenvalue weighted by molar-refractivity contribution is 1.83. The molecule has 0 bridgehead atoms. The van der Waals surface area contributed by atoms with Crippen molar-refractivity contribution < 1.29 is 0 Å². The van der Waals surface area contributed by atoms with Crippen LogP contribution < -0.4 is 0 Å². The van der Waals surface area contributed by atoms with E-state index >= 15 is 0 Å². The number of fused-ring (bicyclic) bond motifs is 3. The van der Waals surface area contributed by atoms with E-state index in [1.54, 1.807) is 0 Å². The van der Waals surface area contributed by atoms with Gasteiger partial charge in [-0.3, -0.25) is 0 Å². The van der Waals surface area contributed by atoms with Crippen LogP contribution in [0.1, 0.15) is 10.4 Å². The minimum atomic E-state index is 1.34. The maximum Gasteiger partial charge on any atom is 0.0438 e. The smallest absolute Gasteiger partial charge is 0.0438 e. The molecule has 0 saturated heterocycles. The van der Waals surface area contributed by atoms with E-state index < -0.39 is 0 Å². The maximum atomic E-state index is 3.12. The van der Waals surface area contributed by atoms with Crippen molar-refractivity contribution >= 4 is 33.6 Å². The molecule has 0 saturated carbocycles. The summed E-state index contributed by atoms with van der Waals surface area (Å²) in [6, 6.07) is 8.50. The summed E-state index contributed by atoms with van der Waals surface area (Å²) in [7, 11) is 0. The summed E-state index contributed by atoms with van der Waals surface area (Å²) in [5, 5.41) is 1.36. The molecule has 0 amide bonds. The zero-order chi connectivity index (χ0) is 7.97. The molecular weight excluding hydrogens is 164 g/mol. The molecule has 0 nitrogen and oxygen atoms in total. The lowest BCUT2D eigenvalue weighted by Crippen LogP contribution is -1.66. The SMILES string of the molecule is C1=Cc2sc3ccccc3c2C=1. The molecular formula is C11H6S. The Hall–Kier alpha value is -1.30. The molecule has 0 unspecified atom stereocenters. The topological polar surface area (TPSA) is 0 Å². The molecule has 1 heterocycles. The van der Waals surface area contributed by atoms with Gasteiger partial charge in [0.1, 0.15) is 0 Å². The van der Waals surface area contributed by atoms with Crippen LogP contribution in [0.15, 0.2) is 30.0 Å². The average Bonchev–Trinajstić information content (AvgIpc) is 2.62. The molecule has 56 valence electrons. The molecule has 0 fully saturated rings. The van der Waals surface area contributed by atoms with Crippen LogP contribution in [0.2, 0.25) is 0 Å². The second-order valence-corrected chi connectivity index (χ2v) is 3.92. The van der Waals surface area contributed by atoms with E-state index in [1.165, 1.54) is 20.5 Å². The molecule has 0 N–H and O–H groups in total. The second kappa shape index (κ2) is 2.10. The van der Waals surface area contributed by atoms with Gasteiger partial charge in [-0.25, -0.2) is 0 Å². The molecule has 1 aromatic heterocycles. The Labute approximate surface area is 74.5 Å². The van der Waals surface area contributed by atoms with Crippen molar-refractivity contribution in [2.45, 2.75) is 0 Å². The maximum absolute atomic E-state index is 3.12. The quantitative estimate of drug-likeness (QED) is 0.453. The Morgan fingerprint density at radius 2 is 2.00 bits per heavy atom. The second-order valence-electron chi connectivity index (χ2n) is 2.83. The highest BCUT2D eigenvalue weighted by Gasteiger charge is 2.08. The average molecular weight is 170 g/mol. The van der Waals surface area contributed by atoms with Crippen molar-refractivity contribution in [1.82, 2.24) is 0 Å². The summed E-state index contributed by atoms with van der Waals surface area (Å²) >= 11 is 1.84. The van der Waals surface area contributed by atoms with Crippen molar-refractivity contribution in [2.75, 3.05) is 0 Å². The lowest BCUT2D eigenvalue weighted by Gasteiger charge is -1.87. The largest absolute Gasteiger partial charge is 0.135 e. The highest BCUT2D eigenvalue weighted by atomic mass is 32.1. The third-order valence-corrected chi connectivity index (χ3v) is 3.24. The van der Waals surface area contributed by atoms with E-state index in [0.717, 1.165) is 0 Å². The third kappa shape index (κ3) is 0.672. The van der Waals surface area contributed by atoms with Gasteiger partial charge < -0.3 is 0 Å². The fraction of sp³-hybridized carbons (Fsp3) is 0. The van der Waals surface area contributed by atoms with Crippen LogP contribution >= 0.6 is 11.3 Å². The first-order valence-electron chi connectivity index (χ1n) is 3.89. The van der Waals surface area contributed by atoms with Gasteiger partial charge in [0.05, 0.1) is 0 Å². The molecule has 1 aliphatic rings. The Bertz CT molecular complexity index is 511. The van der Waals surface area contributed by atoms with E-state index in [2.05, 4.69) is 42.1 Å². The molecule has 12 heavy (non-hydrogen) atoms. The van der Waals surface area contributed by atoms with Crippen LogP contribution in [-0.4, -0.2) is 0 Å². The first-order chi connectivity index (χ1) is 5.95. The first-order valence-corrected chi connectivity index (χ1v) is 4.71. The number of thiophene rings is 1. The molecule has 3 rings (SSSR count). The zero-order valence-electron chi connectivity index (χ0n) is 6.37. The summed E-state index contributed by atoms with van der Waals surface area (Å²) in [5.41, 5.74) is 4.46. The van der Waals surface area contributed by atoms with Gasteiger partial charge in [-0.15, -0.1) is 17.1 Å². The van der Waals surface area contributed by atoms with E-state index in [9.17, 15) is 0 Å². The van der Waals surface area contributed by atoms with Gasteiger partial charge in [0.2, 0.25) is 0 Å². The van der Waals surface area contributed by atoms with Crippen molar-refractivity contribution in [2.24, 2.45) is 0 Å². The molecule has 1 heteroatoms.